The SMILES string of the molecule is COC(=O)C(C[C@H](NC(=O)OC(C)(C)C)C(=O)OC(C)(C)C)C(=O)OC(C)(C)C. The van der Waals surface area contributed by atoms with Crippen molar-refractivity contribution in [2.45, 2.75) is 91.6 Å². The Bertz CT molecular complexity index is 607. The smallest absolute Gasteiger partial charge is 0.408 e. The molecule has 1 N–H and O–H groups in total. The van der Waals surface area contributed by atoms with Gasteiger partial charge in [-0.2, -0.15) is 0 Å². The summed E-state index contributed by atoms with van der Waals surface area (Å²) in [4.78, 5) is 49.5. The standard InChI is InChI=1S/C20H35NO8/c1-18(2,3)27-15(23)12(14(22)26-10)11-13(16(24)28-19(4,5)6)21-17(25)29-20(7,8)9/h12-13H,11H2,1-10H3,(H,21,25)/t12?,13-/m0/s1. The third-order valence-corrected chi connectivity index (χ3v) is 3.03. The van der Waals surface area contributed by atoms with Gasteiger partial charge in [-0.25, -0.2) is 9.59 Å². The Kier molecular flexibility index (Phi) is 9.14. The maximum Gasteiger partial charge on any atom is 0.408 e. The second-order valence-electron chi connectivity index (χ2n) is 9.58. The van der Waals surface area contributed by atoms with Crippen LogP contribution in [-0.2, 0) is 33.3 Å². The molecule has 0 bridgehead atoms. The number of amides is 1. The Morgan fingerprint density at radius 3 is 1.48 bits per heavy atom. The lowest BCUT2D eigenvalue weighted by molar-refractivity contribution is -0.169. The summed E-state index contributed by atoms with van der Waals surface area (Å²) in [5, 5.41) is 2.37. The van der Waals surface area contributed by atoms with Crippen LogP contribution in [-0.4, -0.2) is 54.0 Å². The maximum absolute atomic E-state index is 12.6. The van der Waals surface area contributed by atoms with Crippen molar-refractivity contribution in [3.63, 3.8) is 0 Å². The Balaban J connectivity index is 5.69. The molecule has 168 valence electrons. The van der Waals surface area contributed by atoms with Gasteiger partial charge >= 0.3 is 24.0 Å². The second-order valence-corrected chi connectivity index (χ2v) is 9.58. The van der Waals surface area contributed by atoms with E-state index in [1.165, 1.54) is 0 Å². The minimum atomic E-state index is -1.44. The summed E-state index contributed by atoms with van der Waals surface area (Å²) in [6.45, 7) is 14.9. The number of hydrogen-bond donors (Lipinski definition) is 1. The van der Waals surface area contributed by atoms with E-state index in [0.29, 0.717) is 0 Å². The first-order valence-electron chi connectivity index (χ1n) is 9.37. The van der Waals surface area contributed by atoms with Crippen LogP contribution in [0.15, 0.2) is 0 Å². The number of rotatable bonds is 6. The van der Waals surface area contributed by atoms with Crippen LogP contribution in [0.3, 0.4) is 0 Å². The van der Waals surface area contributed by atoms with Crippen molar-refractivity contribution in [3.8, 4) is 0 Å². The summed E-state index contributed by atoms with van der Waals surface area (Å²) < 4.78 is 20.4. The van der Waals surface area contributed by atoms with Crippen LogP contribution >= 0.6 is 0 Å². The van der Waals surface area contributed by atoms with Gasteiger partial charge in [0.15, 0.2) is 5.92 Å². The molecule has 2 atom stereocenters. The van der Waals surface area contributed by atoms with Gasteiger partial charge in [-0.15, -0.1) is 0 Å². The Hall–Kier alpha value is -2.32. The molecule has 0 aliphatic heterocycles. The highest BCUT2D eigenvalue weighted by molar-refractivity contribution is 5.96. The number of nitrogens with one attached hydrogen (secondary N) is 1. The Labute approximate surface area is 172 Å². The summed E-state index contributed by atoms with van der Waals surface area (Å²) in [6.07, 6.45) is -1.29. The van der Waals surface area contributed by atoms with Crippen molar-refractivity contribution in [2.24, 2.45) is 5.92 Å². The van der Waals surface area contributed by atoms with E-state index in [9.17, 15) is 19.2 Å². The fourth-order valence-corrected chi connectivity index (χ4v) is 2.08. The minimum Gasteiger partial charge on any atom is -0.468 e. The van der Waals surface area contributed by atoms with Gasteiger partial charge in [-0.3, -0.25) is 9.59 Å². The van der Waals surface area contributed by atoms with Gasteiger partial charge in [0.05, 0.1) is 7.11 Å². The van der Waals surface area contributed by atoms with E-state index in [2.05, 4.69) is 10.1 Å². The van der Waals surface area contributed by atoms with Crippen LogP contribution in [0.2, 0.25) is 0 Å². The first-order chi connectivity index (χ1) is 12.8. The van der Waals surface area contributed by atoms with Gasteiger partial charge in [0.2, 0.25) is 0 Å². The molecule has 0 saturated carbocycles. The summed E-state index contributed by atoms with van der Waals surface area (Å²) in [6, 6.07) is -1.33. The predicted octanol–water partition coefficient (Wildman–Crippen LogP) is 2.74. The lowest BCUT2D eigenvalue weighted by Crippen LogP contribution is -2.48. The van der Waals surface area contributed by atoms with Crippen LogP contribution in [0.5, 0.6) is 0 Å². The fourth-order valence-electron chi connectivity index (χ4n) is 2.08. The number of esters is 3. The third kappa shape index (κ3) is 12.0. The molecule has 0 heterocycles. The molecule has 0 aliphatic carbocycles. The maximum atomic E-state index is 12.6. The second kappa shape index (κ2) is 9.93. The Morgan fingerprint density at radius 2 is 1.10 bits per heavy atom. The van der Waals surface area contributed by atoms with Crippen LogP contribution in [0.4, 0.5) is 4.79 Å². The lowest BCUT2D eigenvalue weighted by atomic mass is 9.99. The predicted molar refractivity (Wildman–Crippen MR) is 105 cm³/mol. The molecular weight excluding hydrogens is 382 g/mol. The Morgan fingerprint density at radius 1 is 0.690 bits per heavy atom. The van der Waals surface area contributed by atoms with Crippen LogP contribution in [0, 0.1) is 5.92 Å². The van der Waals surface area contributed by atoms with E-state index in [4.69, 9.17) is 14.2 Å². The van der Waals surface area contributed by atoms with Crippen LogP contribution in [0.25, 0.3) is 0 Å². The molecule has 0 aromatic carbocycles. The van der Waals surface area contributed by atoms with Crippen molar-refractivity contribution < 1.29 is 38.1 Å². The largest absolute Gasteiger partial charge is 0.468 e. The first kappa shape index (κ1) is 26.7. The molecule has 9 heteroatoms. The summed E-state index contributed by atoms with van der Waals surface area (Å²) in [7, 11) is 1.11. The zero-order chi connectivity index (χ0) is 23.2. The van der Waals surface area contributed by atoms with Crippen molar-refractivity contribution in [3.05, 3.63) is 0 Å². The van der Waals surface area contributed by atoms with Gasteiger partial charge in [0, 0.05) is 6.42 Å². The first-order valence-corrected chi connectivity index (χ1v) is 9.37. The highest BCUT2D eigenvalue weighted by Crippen LogP contribution is 2.19. The lowest BCUT2D eigenvalue weighted by Gasteiger charge is -2.28. The van der Waals surface area contributed by atoms with Gasteiger partial charge in [0.1, 0.15) is 22.8 Å². The summed E-state index contributed by atoms with van der Waals surface area (Å²) >= 11 is 0. The van der Waals surface area contributed by atoms with Gasteiger partial charge in [-0.1, -0.05) is 0 Å². The van der Waals surface area contributed by atoms with E-state index in [0.717, 1.165) is 7.11 Å². The molecule has 0 aromatic rings. The molecule has 0 rings (SSSR count). The van der Waals surface area contributed by atoms with Crippen LogP contribution in [0.1, 0.15) is 68.7 Å². The average molecular weight is 417 g/mol. The monoisotopic (exact) mass is 417 g/mol. The van der Waals surface area contributed by atoms with E-state index in [1.54, 1.807) is 62.3 Å². The highest BCUT2D eigenvalue weighted by Gasteiger charge is 2.39. The molecule has 0 aromatic heterocycles. The molecular formula is C20H35NO8. The number of ether oxygens (including phenoxy) is 4. The molecule has 0 radical (unpaired) electrons. The number of alkyl carbamates (subject to hydrolysis) is 1. The minimum absolute atomic E-state index is 0.407. The normalized spacial score (nSPS) is 14.3. The molecule has 0 saturated heterocycles. The van der Waals surface area contributed by atoms with Gasteiger partial charge < -0.3 is 24.3 Å². The number of methoxy groups -OCH3 is 1. The van der Waals surface area contributed by atoms with Crippen LogP contribution < -0.4 is 5.32 Å². The van der Waals surface area contributed by atoms with Crippen molar-refractivity contribution in [1.29, 1.82) is 0 Å². The summed E-state index contributed by atoms with van der Waals surface area (Å²) in [5.74, 6) is -4.02. The van der Waals surface area contributed by atoms with E-state index in [1.807, 2.05) is 0 Å². The number of carbonyl (C=O) groups is 4. The van der Waals surface area contributed by atoms with E-state index < -0.39 is 59.2 Å². The highest BCUT2D eigenvalue weighted by atomic mass is 16.6. The summed E-state index contributed by atoms with van der Waals surface area (Å²) in [5.41, 5.74) is -2.52. The van der Waals surface area contributed by atoms with E-state index in [-0.39, 0.29) is 0 Å². The third-order valence-electron chi connectivity index (χ3n) is 3.03. The van der Waals surface area contributed by atoms with E-state index >= 15 is 0 Å². The molecule has 1 unspecified atom stereocenters. The van der Waals surface area contributed by atoms with Gasteiger partial charge in [-0.05, 0) is 62.3 Å². The van der Waals surface area contributed by atoms with Crippen molar-refractivity contribution in [2.75, 3.05) is 7.11 Å². The quantitative estimate of drug-likeness (QED) is 0.398. The number of hydrogen-bond acceptors (Lipinski definition) is 8. The molecule has 0 aliphatic rings. The molecule has 0 spiro atoms. The van der Waals surface area contributed by atoms with Gasteiger partial charge in [0.25, 0.3) is 0 Å². The average Bonchev–Trinajstić information content (AvgIpc) is 2.44. The molecule has 0 fully saturated rings. The zero-order valence-corrected chi connectivity index (χ0v) is 19.1. The van der Waals surface area contributed by atoms with Crippen molar-refractivity contribution in [1.82, 2.24) is 5.32 Å². The fraction of sp³-hybridized carbons (Fsp3) is 0.800. The molecule has 1 amide bonds. The topological polar surface area (TPSA) is 117 Å². The molecule has 29 heavy (non-hydrogen) atoms. The van der Waals surface area contributed by atoms with Crippen molar-refractivity contribution >= 4 is 24.0 Å². The molecule has 9 nitrogen and oxygen atoms in total. The zero-order valence-electron chi connectivity index (χ0n) is 19.1. The number of carbonyl (C=O) groups excluding carboxylic acids is 4.